The van der Waals surface area contributed by atoms with E-state index in [0.717, 1.165) is 15.6 Å². The van der Waals surface area contributed by atoms with E-state index in [1.807, 2.05) is 54.6 Å². The monoisotopic (exact) mass is 425 g/mol. The zero-order valence-electron chi connectivity index (χ0n) is 14.5. The van der Waals surface area contributed by atoms with Crippen LogP contribution < -0.4 is 0 Å². The fraction of sp³-hybridized carbons (Fsp3) is 0.150. The van der Waals surface area contributed by atoms with Crippen molar-refractivity contribution < 1.29 is 14.1 Å². The van der Waals surface area contributed by atoms with Crippen molar-refractivity contribution >= 4 is 27.9 Å². The van der Waals surface area contributed by atoms with Crippen LogP contribution in [0.15, 0.2) is 69.7 Å². The number of halogens is 1. The molecular weight excluding hydrogens is 410 g/mol. The number of hydrogen-bond acceptors (Lipinski definition) is 4. The summed E-state index contributed by atoms with van der Waals surface area (Å²) in [7, 11) is 1.63. The average molecular weight is 426 g/mol. The molecule has 1 unspecified atom stereocenters. The second kappa shape index (κ2) is 7.00. The maximum absolute atomic E-state index is 12.9. The average Bonchev–Trinajstić information content (AvgIpc) is 3.22. The van der Waals surface area contributed by atoms with Crippen LogP contribution in [0.2, 0.25) is 0 Å². The third-order valence-electron chi connectivity index (χ3n) is 4.52. The number of aromatic nitrogens is 1. The Hall–Kier alpha value is -2.93. The molecule has 0 spiro atoms. The van der Waals surface area contributed by atoms with Gasteiger partial charge in [0.1, 0.15) is 11.7 Å². The van der Waals surface area contributed by atoms with Crippen molar-refractivity contribution in [3.63, 3.8) is 0 Å². The Morgan fingerprint density at radius 3 is 2.59 bits per heavy atom. The lowest BCUT2D eigenvalue weighted by atomic mass is 10.1. The van der Waals surface area contributed by atoms with Gasteiger partial charge in [0, 0.05) is 23.2 Å². The summed E-state index contributed by atoms with van der Waals surface area (Å²) < 4.78 is 6.22. The van der Waals surface area contributed by atoms with Crippen molar-refractivity contribution in [2.24, 2.45) is 0 Å². The van der Waals surface area contributed by atoms with E-state index in [4.69, 9.17) is 4.52 Å². The number of rotatable bonds is 4. The largest absolute Gasteiger partial charge is 0.356 e. The third kappa shape index (κ3) is 3.26. The predicted molar refractivity (Wildman–Crippen MR) is 103 cm³/mol. The summed E-state index contributed by atoms with van der Waals surface area (Å²) in [6, 6.07) is 17.7. The molecule has 0 aliphatic carbocycles. The van der Waals surface area contributed by atoms with Gasteiger partial charge in [0.05, 0.1) is 6.54 Å². The molecule has 1 fully saturated rings. The first-order valence-corrected chi connectivity index (χ1v) is 9.18. The van der Waals surface area contributed by atoms with E-state index in [1.165, 1.54) is 9.80 Å². The third-order valence-corrected chi connectivity index (χ3v) is 5.01. The molecule has 1 aliphatic rings. The minimum Gasteiger partial charge on any atom is -0.356 e. The summed E-state index contributed by atoms with van der Waals surface area (Å²) in [6.07, 6.45) is 0. The van der Waals surface area contributed by atoms with E-state index in [1.54, 1.807) is 13.1 Å². The molecule has 3 amide bonds. The normalized spacial score (nSPS) is 17.0. The highest BCUT2D eigenvalue weighted by Crippen LogP contribution is 2.32. The Morgan fingerprint density at radius 1 is 1.07 bits per heavy atom. The molecule has 4 rings (SSSR count). The second-order valence-electron chi connectivity index (χ2n) is 6.32. The molecule has 0 bridgehead atoms. The van der Waals surface area contributed by atoms with E-state index in [9.17, 15) is 9.59 Å². The van der Waals surface area contributed by atoms with Crippen molar-refractivity contribution in [3.05, 3.63) is 76.4 Å². The number of benzene rings is 2. The zero-order valence-corrected chi connectivity index (χ0v) is 16.1. The summed E-state index contributed by atoms with van der Waals surface area (Å²) in [5.41, 5.74) is 2.18. The van der Waals surface area contributed by atoms with Gasteiger partial charge in [-0.05, 0) is 17.7 Å². The van der Waals surface area contributed by atoms with Crippen LogP contribution in [0.3, 0.4) is 0 Å². The number of urea groups is 1. The van der Waals surface area contributed by atoms with Crippen molar-refractivity contribution in [1.29, 1.82) is 0 Å². The molecule has 0 saturated carbocycles. The molecule has 2 heterocycles. The fourth-order valence-electron chi connectivity index (χ4n) is 3.18. The molecular formula is C20H16BrN3O3. The summed E-state index contributed by atoms with van der Waals surface area (Å²) in [5.74, 6) is 0.325. The Labute approximate surface area is 164 Å². The van der Waals surface area contributed by atoms with E-state index in [-0.39, 0.29) is 18.5 Å². The predicted octanol–water partition coefficient (Wildman–Crippen LogP) is 4.24. The second-order valence-corrected chi connectivity index (χ2v) is 7.24. The van der Waals surface area contributed by atoms with Crippen molar-refractivity contribution in [2.45, 2.75) is 12.6 Å². The van der Waals surface area contributed by atoms with Crippen LogP contribution in [0, 0.1) is 0 Å². The first kappa shape index (κ1) is 17.5. The first-order chi connectivity index (χ1) is 13.0. The molecule has 2 aromatic carbocycles. The lowest BCUT2D eigenvalue weighted by molar-refractivity contribution is -0.128. The topological polar surface area (TPSA) is 66.7 Å². The van der Waals surface area contributed by atoms with Gasteiger partial charge in [0.25, 0.3) is 5.91 Å². The fourth-order valence-corrected chi connectivity index (χ4v) is 3.60. The van der Waals surface area contributed by atoms with Crippen molar-refractivity contribution in [2.75, 3.05) is 7.05 Å². The summed E-state index contributed by atoms with van der Waals surface area (Å²) in [4.78, 5) is 28.2. The van der Waals surface area contributed by atoms with Crippen molar-refractivity contribution in [1.82, 2.24) is 15.0 Å². The molecule has 3 aromatic rings. The van der Waals surface area contributed by atoms with E-state index < -0.39 is 6.04 Å². The van der Waals surface area contributed by atoms with Gasteiger partial charge in [-0.3, -0.25) is 9.69 Å². The van der Waals surface area contributed by atoms with Crippen LogP contribution >= 0.6 is 15.9 Å². The molecule has 1 saturated heterocycles. The molecule has 136 valence electrons. The Balaban J connectivity index is 1.57. The molecule has 0 N–H and O–H groups in total. The van der Waals surface area contributed by atoms with Crippen LogP contribution in [-0.4, -0.2) is 33.9 Å². The quantitative estimate of drug-likeness (QED) is 0.586. The number of hydrogen-bond donors (Lipinski definition) is 0. The van der Waals surface area contributed by atoms with E-state index in [2.05, 4.69) is 21.1 Å². The Morgan fingerprint density at radius 2 is 1.85 bits per heavy atom. The SMILES string of the molecule is CN1C(=O)N(Cc2cc(-c3ccccc3)on2)C(=O)C1c1cccc(Br)c1. The highest BCUT2D eigenvalue weighted by atomic mass is 79.9. The minimum atomic E-state index is -0.643. The number of carbonyl (C=O) groups excluding carboxylic acids is 2. The summed E-state index contributed by atoms with van der Waals surface area (Å²) in [5, 5.41) is 4.01. The maximum atomic E-state index is 12.9. The van der Waals surface area contributed by atoms with Crippen LogP contribution in [0.5, 0.6) is 0 Å². The van der Waals surface area contributed by atoms with E-state index in [0.29, 0.717) is 11.5 Å². The first-order valence-electron chi connectivity index (χ1n) is 8.39. The van der Waals surface area contributed by atoms with Crippen LogP contribution in [0.25, 0.3) is 11.3 Å². The smallest absolute Gasteiger partial charge is 0.327 e. The zero-order chi connectivity index (χ0) is 19.0. The number of likely N-dealkylation sites (N-methyl/N-ethyl adjacent to an activating group) is 1. The van der Waals surface area contributed by atoms with Gasteiger partial charge in [-0.25, -0.2) is 4.79 Å². The van der Waals surface area contributed by atoms with Crippen LogP contribution in [-0.2, 0) is 11.3 Å². The van der Waals surface area contributed by atoms with Gasteiger partial charge in [0.2, 0.25) is 0 Å². The van der Waals surface area contributed by atoms with Gasteiger partial charge < -0.3 is 9.42 Å². The summed E-state index contributed by atoms with van der Waals surface area (Å²) >= 11 is 3.41. The van der Waals surface area contributed by atoms with Crippen molar-refractivity contribution in [3.8, 4) is 11.3 Å². The van der Waals surface area contributed by atoms with Gasteiger partial charge >= 0.3 is 6.03 Å². The maximum Gasteiger partial charge on any atom is 0.327 e. The lowest BCUT2D eigenvalue weighted by Gasteiger charge is -2.16. The molecule has 1 aliphatic heterocycles. The van der Waals surface area contributed by atoms with Crippen LogP contribution in [0.4, 0.5) is 4.79 Å². The number of nitrogens with zero attached hydrogens (tertiary/aromatic N) is 3. The standard InChI is InChI=1S/C20H16BrN3O3/c1-23-18(14-8-5-9-15(21)10-14)19(25)24(20(23)26)12-16-11-17(27-22-16)13-6-3-2-4-7-13/h2-11,18H,12H2,1H3. The summed E-state index contributed by atoms with van der Waals surface area (Å²) in [6.45, 7) is 0.0723. The highest BCUT2D eigenvalue weighted by Gasteiger charge is 2.44. The molecule has 7 heteroatoms. The van der Waals surface area contributed by atoms with Crippen LogP contribution in [0.1, 0.15) is 17.3 Å². The molecule has 27 heavy (non-hydrogen) atoms. The lowest BCUT2D eigenvalue weighted by Crippen LogP contribution is -2.31. The van der Waals surface area contributed by atoms with Gasteiger partial charge in [-0.2, -0.15) is 0 Å². The highest BCUT2D eigenvalue weighted by molar-refractivity contribution is 9.10. The van der Waals surface area contributed by atoms with E-state index >= 15 is 0 Å². The molecule has 0 radical (unpaired) electrons. The Bertz CT molecular complexity index is 1000. The van der Waals surface area contributed by atoms with Gasteiger partial charge in [-0.1, -0.05) is 63.6 Å². The molecule has 1 atom stereocenters. The Kier molecular flexibility index (Phi) is 4.53. The minimum absolute atomic E-state index is 0.0723. The molecule has 1 aromatic heterocycles. The number of amides is 3. The van der Waals surface area contributed by atoms with Gasteiger partial charge in [0.15, 0.2) is 5.76 Å². The number of carbonyl (C=O) groups is 2. The number of imide groups is 1. The molecule has 6 nitrogen and oxygen atoms in total. The van der Waals surface area contributed by atoms with Gasteiger partial charge in [-0.15, -0.1) is 0 Å².